The van der Waals surface area contributed by atoms with Crippen LogP contribution in [0.1, 0.15) is 6.92 Å². The van der Waals surface area contributed by atoms with Crippen LogP contribution in [0.3, 0.4) is 0 Å². The van der Waals surface area contributed by atoms with E-state index in [2.05, 4.69) is 10.5 Å². The first-order chi connectivity index (χ1) is 3.72. The third kappa shape index (κ3) is 0.812. The molecule has 0 saturated carbocycles. The molecule has 0 unspecified atom stereocenters. The summed E-state index contributed by atoms with van der Waals surface area (Å²) in [6.45, 7) is 1.75. The van der Waals surface area contributed by atoms with Gasteiger partial charge >= 0.3 is 0 Å². The Labute approximate surface area is 57.2 Å². The Morgan fingerprint density at radius 2 is 2.00 bits per heavy atom. The summed E-state index contributed by atoms with van der Waals surface area (Å²) in [6, 6.07) is 0. The van der Waals surface area contributed by atoms with Crippen LogP contribution >= 0.6 is 23.2 Å². The van der Waals surface area contributed by atoms with Crippen LogP contribution in [0.25, 0.3) is 0 Å². The summed E-state index contributed by atoms with van der Waals surface area (Å²) in [5.41, 5.74) is 4.18. The van der Waals surface area contributed by atoms with Crippen molar-refractivity contribution in [3.05, 3.63) is 10.2 Å². The molecule has 1 heterocycles. The molecule has 1 aliphatic rings. The summed E-state index contributed by atoms with van der Waals surface area (Å²) in [6.07, 6.45) is 0. The zero-order valence-electron chi connectivity index (χ0n) is 4.15. The van der Waals surface area contributed by atoms with Crippen LogP contribution in [-0.2, 0) is 0 Å². The lowest BCUT2D eigenvalue weighted by Gasteiger charge is -1.82. The van der Waals surface area contributed by atoms with Crippen molar-refractivity contribution in [1.29, 1.82) is 0 Å². The van der Waals surface area contributed by atoms with Gasteiger partial charge in [-0.05, 0) is 6.92 Å². The van der Waals surface area contributed by atoms with Crippen molar-refractivity contribution in [2.75, 3.05) is 0 Å². The van der Waals surface area contributed by atoms with Crippen molar-refractivity contribution in [2.24, 2.45) is 5.10 Å². The maximum absolute atomic E-state index is 5.54. The number of allylic oxidation sites excluding steroid dienone is 1. The van der Waals surface area contributed by atoms with E-state index in [9.17, 15) is 0 Å². The first kappa shape index (κ1) is 5.92. The van der Waals surface area contributed by atoms with Crippen LogP contribution in [0.2, 0.25) is 0 Å². The van der Waals surface area contributed by atoms with Crippen LogP contribution in [-0.4, -0.2) is 5.71 Å². The Morgan fingerprint density at radius 3 is 2.12 bits per heavy atom. The summed E-state index contributed by atoms with van der Waals surface area (Å²) in [4.78, 5) is 0. The normalized spacial score (nSPS) is 18.6. The lowest BCUT2D eigenvalue weighted by molar-refractivity contribution is 0.949. The Balaban J connectivity index is 2.88. The SMILES string of the molecule is CC1=N[N]C(Cl)=C1Cl. The zero-order valence-corrected chi connectivity index (χ0v) is 5.66. The van der Waals surface area contributed by atoms with Gasteiger partial charge in [-0.3, -0.25) is 0 Å². The number of nitrogens with zero attached hydrogens (tertiary/aromatic N) is 2. The Morgan fingerprint density at radius 1 is 1.38 bits per heavy atom. The van der Waals surface area contributed by atoms with Crippen LogP contribution < -0.4 is 5.43 Å². The van der Waals surface area contributed by atoms with E-state index < -0.39 is 0 Å². The molecule has 1 radical (unpaired) electrons. The largest absolute Gasteiger partial charge is 0.172 e. The van der Waals surface area contributed by atoms with Gasteiger partial charge in [0.2, 0.25) is 0 Å². The second-order valence-corrected chi connectivity index (χ2v) is 2.13. The Hall–Kier alpha value is -0.210. The van der Waals surface area contributed by atoms with E-state index >= 15 is 0 Å². The maximum atomic E-state index is 5.54. The van der Waals surface area contributed by atoms with Crippen LogP contribution in [0.4, 0.5) is 0 Å². The van der Waals surface area contributed by atoms with Crippen molar-refractivity contribution < 1.29 is 0 Å². The minimum atomic E-state index is 0.282. The fourth-order valence-corrected chi connectivity index (χ4v) is 0.606. The highest BCUT2D eigenvalue weighted by Crippen LogP contribution is 2.18. The lowest BCUT2D eigenvalue weighted by Crippen LogP contribution is -1.82. The number of rotatable bonds is 0. The highest BCUT2D eigenvalue weighted by atomic mass is 35.5. The standard InChI is InChI=1S/C4H3Cl2N2/c1-2-3(5)4(6)8-7-2/h1H3. The third-order valence-corrected chi connectivity index (χ3v) is 1.60. The molecule has 0 saturated heterocycles. The average Bonchev–Trinajstić information content (AvgIpc) is 1.98. The quantitative estimate of drug-likeness (QED) is 0.469. The maximum Gasteiger partial charge on any atom is 0.172 e. The average molecular weight is 150 g/mol. The molecule has 0 aromatic heterocycles. The fourth-order valence-electron chi connectivity index (χ4n) is 0.356. The molecule has 0 spiro atoms. The van der Waals surface area contributed by atoms with E-state index in [1.165, 1.54) is 0 Å². The summed E-state index contributed by atoms with van der Waals surface area (Å²) < 4.78 is 0. The smallest absolute Gasteiger partial charge is 0.153 e. The summed E-state index contributed by atoms with van der Waals surface area (Å²) in [5, 5.41) is 4.33. The molecular weight excluding hydrogens is 147 g/mol. The fraction of sp³-hybridized carbons (Fsp3) is 0.250. The Bertz CT molecular complexity index is 165. The highest BCUT2D eigenvalue weighted by molar-refractivity contribution is 6.49. The molecule has 0 bridgehead atoms. The van der Waals surface area contributed by atoms with Gasteiger partial charge in [0.1, 0.15) is 5.03 Å². The summed E-state index contributed by atoms with van der Waals surface area (Å²) in [5.74, 6) is 0. The van der Waals surface area contributed by atoms with Crippen LogP contribution in [0.15, 0.2) is 15.3 Å². The van der Waals surface area contributed by atoms with Crippen molar-refractivity contribution in [3.8, 4) is 0 Å². The number of hydrogen-bond donors (Lipinski definition) is 0. The van der Waals surface area contributed by atoms with Gasteiger partial charge < -0.3 is 0 Å². The molecular formula is C4H3Cl2N2. The molecule has 8 heavy (non-hydrogen) atoms. The van der Waals surface area contributed by atoms with E-state index in [0.717, 1.165) is 0 Å². The molecule has 0 fully saturated rings. The van der Waals surface area contributed by atoms with Crippen molar-refractivity contribution in [2.45, 2.75) is 6.92 Å². The third-order valence-electron chi connectivity index (χ3n) is 0.787. The molecule has 1 aliphatic heterocycles. The molecule has 1 rings (SSSR count). The Kier molecular flexibility index (Phi) is 1.45. The van der Waals surface area contributed by atoms with Gasteiger partial charge in [-0.2, -0.15) is 5.10 Å². The molecule has 0 N–H and O–H groups in total. The summed E-state index contributed by atoms with van der Waals surface area (Å²) in [7, 11) is 0. The van der Waals surface area contributed by atoms with Crippen LogP contribution in [0, 0.1) is 0 Å². The molecule has 0 aliphatic carbocycles. The molecule has 0 aromatic rings. The van der Waals surface area contributed by atoms with E-state index in [1.807, 2.05) is 0 Å². The van der Waals surface area contributed by atoms with Crippen molar-refractivity contribution >= 4 is 28.9 Å². The number of hydrogen-bond acceptors (Lipinski definition) is 1. The van der Waals surface area contributed by atoms with E-state index in [0.29, 0.717) is 10.7 Å². The number of halogens is 2. The van der Waals surface area contributed by atoms with E-state index in [4.69, 9.17) is 23.2 Å². The van der Waals surface area contributed by atoms with Gasteiger partial charge in [0.25, 0.3) is 0 Å². The molecule has 0 aromatic carbocycles. The van der Waals surface area contributed by atoms with Gasteiger partial charge in [-0.15, -0.1) is 5.43 Å². The van der Waals surface area contributed by atoms with Gasteiger partial charge in [-0.1, -0.05) is 23.2 Å². The minimum absolute atomic E-state index is 0.282. The van der Waals surface area contributed by atoms with E-state index in [-0.39, 0.29) is 5.16 Å². The molecule has 0 amide bonds. The minimum Gasteiger partial charge on any atom is -0.153 e. The van der Waals surface area contributed by atoms with Gasteiger partial charge in [0.15, 0.2) is 5.16 Å². The second kappa shape index (κ2) is 1.96. The monoisotopic (exact) mass is 149 g/mol. The first-order valence-corrected chi connectivity index (χ1v) is 2.78. The second-order valence-electron chi connectivity index (χ2n) is 1.39. The topological polar surface area (TPSA) is 26.5 Å². The molecule has 43 valence electrons. The molecule has 0 atom stereocenters. The first-order valence-electron chi connectivity index (χ1n) is 2.03. The van der Waals surface area contributed by atoms with Gasteiger partial charge in [0, 0.05) is 0 Å². The highest BCUT2D eigenvalue weighted by Gasteiger charge is 2.12. The predicted molar refractivity (Wildman–Crippen MR) is 34.0 cm³/mol. The predicted octanol–water partition coefficient (Wildman–Crippen LogP) is 1.63. The van der Waals surface area contributed by atoms with Crippen molar-refractivity contribution in [1.82, 2.24) is 5.43 Å². The molecule has 2 nitrogen and oxygen atoms in total. The van der Waals surface area contributed by atoms with Gasteiger partial charge in [0.05, 0.1) is 5.71 Å². The van der Waals surface area contributed by atoms with Crippen molar-refractivity contribution in [3.63, 3.8) is 0 Å². The lowest BCUT2D eigenvalue weighted by atomic mass is 10.4. The zero-order chi connectivity index (χ0) is 6.15. The summed E-state index contributed by atoms with van der Waals surface area (Å²) >= 11 is 11.0. The van der Waals surface area contributed by atoms with E-state index in [1.54, 1.807) is 6.92 Å². The van der Waals surface area contributed by atoms with Crippen LogP contribution in [0.5, 0.6) is 0 Å². The molecule has 4 heteroatoms. The van der Waals surface area contributed by atoms with Gasteiger partial charge in [-0.25, -0.2) is 0 Å².